The van der Waals surface area contributed by atoms with E-state index in [1.54, 1.807) is 0 Å². The molecule has 20 heavy (non-hydrogen) atoms. The molecule has 0 saturated carbocycles. The third kappa shape index (κ3) is 5.87. The number of amides is 2. The van der Waals surface area contributed by atoms with E-state index in [4.69, 9.17) is 0 Å². The van der Waals surface area contributed by atoms with Gasteiger partial charge in [0.15, 0.2) is 0 Å². The van der Waals surface area contributed by atoms with E-state index < -0.39 is 16.1 Å². The van der Waals surface area contributed by atoms with Crippen LogP contribution in [-0.4, -0.2) is 57.1 Å². The average molecular weight is 305 g/mol. The summed E-state index contributed by atoms with van der Waals surface area (Å²) in [7, 11) is -3.47. The summed E-state index contributed by atoms with van der Waals surface area (Å²) in [4.78, 5) is 25.3. The average Bonchev–Trinajstić information content (AvgIpc) is 2.49. The maximum atomic E-state index is 12.4. The van der Waals surface area contributed by atoms with Gasteiger partial charge in [-0.1, -0.05) is 13.8 Å². The van der Waals surface area contributed by atoms with Crippen LogP contribution in [0.1, 0.15) is 26.7 Å². The SMILES string of the molecule is CC(C)CC(NS(C)(=O)=O)C(=O)N1CCCNC(=O)C1. The molecular formula is C12H23N3O4S. The van der Waals surface area contributed by atoms with Crippen molar-refractivity contribution in [3.05, 3.63) is 0 Å². The summed E-state index contributed by atoms with van der Waals surface area (Å²) in [6.07, 6.45) is 2.11. The molecule has 0 spiro atoms. The van der Waals surface area contributed by atoms with Crippen LogP contribution in [0.15, 0.2) is 0 Å². The Hall–Kier alpha value is -1.15. The van der Waals surface area contributed by atoms with Crippen LogP contribution in [0.4, 0.5) is 0 Å². The number of hydrogen-bond donors (Lipinski definition) is 2. The number of nitrogens with zero attached hydrogens (tertiary/aromatic N) is 1. The Kier molecular flexibility index (Phi) is 5.94. The lowest BCUT2D eigenvalue weighted by Gasteiger charge is -2.26. The van der Waals surface area contributed by atoms with Crippen LogP contribution in [-0.2, 0) is 19.6 Å². The van der Waals surface area contributed by atoms with Crippen molar-refractivity contribution in [1.29, 1.82) is 0 Å². The molecule has 1 saturated heterocycles. The first-order chi connectivity index (χ1) is 9.19. The van der Waals surface area contributed by atoms with E-state index in [1.807, 2.05) is 13.8 Å². The van der Waals surface area contributed by atoms with Gasteiger partial charge in [0.1, 0.15) is 6.04 Å². The van der Waals surface area contributed by atoms with Crippen molar-refractivity contribution in [3.63, 3.8) is 0 Å². The molecule has 0 aliphatic carbocycles. The van der Waals surface area contributed by atoms with E-state index in [9.17, 15) is 18.0 Å². The van der Waals surface area contributed by atoms with Crippen molar-refractivity contribution in [2.24, 2.45) is 5.92 Å². The molecule has 0 aromatic carbocycles. The van der Waals surface area contributed by atoms with Gasteiger partial charge in [0.05, 0.1) is 12.8 Å². The van der Waals surface area contributed by atoms with E-state index in [1.165, 1.54) is 4.90 Å². The van der Waals surface area contributed by atoms with Crippen LogP contribution in [0.25, 0.3) is 0 Å². The van der Waals surface area contributed by atoms with Gasteiger partial charge in [0, 0.05) is 13.1 Å². The van der Waals surface area contributed by atoms with Gasteiger partial charge in [-0.05, 0) is 18.8 Å². The highest BCUT2D eigenvalue weighted by molar-refractivity contribution is 7.88. The predicted octanol–water partition coefficient (Wildman–Crippen LogP) is -0.701. The van der Waals surface area contributed by atoms with Crippen molar-refractivity contribution in [2.75, 3.05) is 25.9 Å². The zero-order valence-electron chi connectivity index (χ0n) is 12.2. The number of hydrogen-bond acceptors (Lipinski definition) is 4. The Morgan fingerprint density at radius 3 is 2.65 bits per heavy atom. The van der Waals surface area contributed by atoms with Gasteiger partial charge in [-0.2, -0.15) is 0 Å². The summed E-state index contributed by atoms with van der Waals surface area (Å²) >= 11 is 0. The minimum absolute atomic E-state index is 0.0150. The minimum Gasteiger partial charge on any atom is -0.354 e. The fraction of sp³-hybridized carbons (Fsp3) is 0.833. The molecule has 1 aliphatic rings. The van der Waals surface area contributed by atoms with Gasteiger partial charge in [-0.15, -0.1) is 0 Å². The van der Waals surface area contributed by atoms with E-state index in [-0.39, 0.29) is 24.3 Å². The van der Waals surface area contributed by atoms with Crippen LogP contribution in [0, 0.1) is 5.92 Å². The standard InChI is InChI=1S/C12H23N3O4S/c1-9(2)7-10(14-20(3,18)19)12(17)15-6-4-5-13-11(16)8-15/h9-10,14H,4-8H2,1-3H3,(H,13,16). The second-order valence-electron chi connectivity index (χ2n) is 5.54. The summed E-state index contributed by atoms with van der Waals surface area (Å²) in [6.45, 7) is 4.81. The fourth-order valence-electron chi connectivity index (χ4n) is 2.14. The number of carbonyl (C=O) groups is 2. The highest BCUT2D eigenvalue weighted by Crippen LogP contribution is 2.10. The molecule has 1 rings (SSSR count). The van der Waals surface area contributed by atoms with Crippen molar-refractivity contribution >= 4 is 21.8 Å². The van der Waals surface area contributed by atoms with Gasteiger partial charge >= 0.3 is 0 Å². The molecule has 0 aromatic heterocycles. The van der Waals surface area contributed by atoms with Crippen molar-refractivity contribution in [2.45, 2.75) is 32.7 Å². The molecule has 116 valence electrons. The topological polar surface area (TPSA) is 95.6 Å². The van der Waals surface area contributed by atoms with E-state index in [2.05, 4.69) is 10.0 Å². The molecule has 1 aliphatic heterocycles. The third-order valence-corrected chi connectivity index (χ3v) is 3.65. The first kappa shape index (κ1) is 16.9. The number of rotatable bonds is 5. The molecule has 1 fully saturated rings. The van der Waals surface area contributed by atoms with Gasteiger partial charge < -0.3 is 10.2 Å². The largest absolute Gasteiger partial charge is 0.354 e. The van der Waals surface area contributed by atoms with E-state index >= 15 is 0 Å². The smallest absolute Gasteiger partial charge is 0.241 e. The van der Waals surface area contributed by atoms with Gasteiger partial charge in [-0.25, -0.2) is 13.1 Å². The lowest BCUT2D eigenvalue weighted by atomic mass is 10.0. The second-order valence-corrected chi connectivity index (χ2v) is 7.32. The Morgan fingerprint density at radius 2 is 2.10 bits per heavy atom. The Morgan fingerprint density at radius 1 is 1.45 bits per heavy atom. The van der Waals surface area contributed by atoms with Crippen LogP contribution in [0.2, 0.25) is 0 Å². The molecule has 0 aromatic rings. The molecular weight excluding hydrogens is 282 g/mol. The Balaban J connectivity index is 2.82. The lowest BCUT2D eigenvalue weighted by Crippen LogP contribution is -2.50. The number of nitrogens with one attached hydrogen (secondary N) is 2. The third-order valence-electron chi connectivity index (χ3n) is 2.93. The monoisotopic (exact) mass is 305 g/mol. The normalized spacial score (nSPS) is 18.6. The zero-order chi connectivity index (χ0) is 15.3. The minimum atomic E-state index is -3.47. The number of carbonyl (C=O) groups excluding carboxylic acids is 2. The van der Waals surface area contributed by atoms with Crippen LogP contribution >= 0.6 is 0 Å². The van der Waals surface area contributed by atoms with Crippen LogP contribution < -0.4 is 10.0 Å². The molecule has 2 amide bonds. The second kappa shape index (κ2) is 7.03. The fourth-order valence-corrected chi connectivity index (χ4v) is 2.86. The molecule has 7 nitrogen and oxygen atoms in total. The highest BCUT2D eigenvalue weighted by Gasteiger charge is 2.29. The maximum Gasteiger partial charge on any atom is 0.241 e. The summed E-state index contributed by atoms with van der Waals surface area (Å²) in [5.41, 5.74) is 0. The van der Waals surface area contributed by atoms with Crippen LogP contribution in [0.5, 0.6) is 0 Å². The first-order valence-electron chi connectivity index (χ1n) is 6.72. The lowest BCUT2D eigenvalue weighted by molar-refractivity contribution is -0.136. The molecule has 8 heteroatoms. The molecule has 1 unspecified atom stereocenters. The molecule has 0 radical (unpaired) electrons. The zero-order valence-corrected chi connectivity index (χ0v) is 13.0. The first-order valence-corrected chi connectivity index (χ1v) is 8.61. The van der Waals surface area contributed by atoms with Gasteiger partial charge in [0.2, 0.25) is 21.8 Å². The summed E-state index contributed by atoms with van der Waals surface area (Å²) < 4.78 is 25.1. The van der Waals surface area contributed by atoms with Crippen molar-refractivity contribution in [1.82, 2.24) is 14.9 Å². The van der Waals surface area contributed by atoms with Gasteiger partial charge in [0.25, 0.3) is 0 Å². The molecule has 0 bridgehead atoms. The van der Waals surface area contributed by atoms with Gasteiger partial charge in [-0.3, -0.25) is 9.59 Å². The summed E-state index contributed by atoms with van der Waals surface area (Å²) in [5.74, 6) is -0.376. The molecule has 2 N–H and O–H groups in total. The maximum absolute atomic E-state index is 12.4. The van der Waals surface area contributed by atoms with E-state index in [0.717, 1.165) is 6.26 Å². The molecule has 1 atom stereocenters. The number of sulfonamides is 1. The molecule has 1 heterocycles. The summed E-state index contributed by atoms with van der Waals surface area (Å²) in [6, 6.07) is -0.809. The van der Waals surface area contributed by atoms with Crippen LogP contribution in [0.3, 0.4) is 0 Å². The Bertz CT molecular complexity index is 461. The quantitative estimate of drug-likeness (QED) is 0.702. The van der Waals surface area contributed by atoms with E-state index in [0.29, 0.717) is 25.9 Å². The van der Waals surface area contributed by atoms with Crippen molar-refractivity contribution < 1.29 is 18.0 Å². The summed E-state index contributed by atoms with van der Waals surface area (Å²) in [5, 5.41) is 2.69. The Labute approximate surface area is 120 Å². The van der Waals surface area contributed by atoms with Crippen molar-refractivity contribution in [3.8, 4) is 0 Å². The highest BCUT2D eigenvalue weighted by atomic mass is 32.2. The predicted molar refractivity (Wildman–Crippen MR) is 75.4 cm³/mol.